The van der Waals surface area contributed by atoms with Crippen LogP contribution in [0.3, 0.4) is 0 Å². The SMILES string of the molecule is COc1cc(C(=O)Nc2ccc(S(=O)(=O)N3CCN(C)CC3)cc2)cc(OC)c1OCC(N)=O. The van der Waals surface area contributed by atoms with Gasteiger partial charge in [0.25, 0.3) is 11.8 Å². The molecule has 0 saturated carbocycles. The van der Waals surface area contributed by atoms with Crippen molar-refractivity contribution in [3.63, 3.8) is 0 Å². The fraction of sp³-hybridized carbons (Fsp3) is 0.364. The minimum Gasteiger partial charge on any atom is -0.493 e. The van der Waals surface area contributed by atoms with Crippen LogP contribution < -0.4 is 25.3 Å². The first-order valence-corrected chi connectivity index (χ1v) is 11.9. The van der Waals surface area contributed by atoms with E-state index in [0.29, 0.717) is 31.9 Å². The summed E-state index contributed by atoms with van der Waals surface area (Å²) >= 11 is 0. The first-order valence-electron chi connectivity index (χ1n) is 10.4. The molecular weight excluding hydrogens is 464 g/mol. The van der Waals surface area contributed by atoms with Gasteiger partial charge >= 0.3 is 0 Å². The molecular formula is C22H28N4O7S. The highest BCUT2D eigenvalue weighted by molar-refractivity contribution is 7.89. The Hall–Kier alpha value is -3.35. The van der Waals surface area contributed by atoms with Gasteiger partial charge in [-0.05, 0) is 43.4 Å². The Bertz CT molecular complexity index is 1120. The Morgan fingerprint density at radius 3 is 2.06 bits per heavy atom. The number of nitrogens with one attached hydrogen (secondary N) is 1. The molecule has 1 heterocycles. The maximum atomic E-state index is 12.9. The molecule has 0 radical (unpaired) electrons. The van der Waals surface area contributed by atoms with Gasteiger partial charge in [-0.3, -0.25) is 9.59 Å². The van der Waals surface area contributed by atoms with E-state index < -0.39 is 21.8 Å². The molecule has 1 aliphatic rings. The predicted octanol–water partition coefficient (Wildman–Crippen LogP) is 0.756. The number of hydrogen-bond donors (Lipinski definition) is 2. The molecule has 184 valence electrons. The Kier molecular flexibility index (Phi) is 7.97. The highest BCUT2D eigenvalue weighted by atomic mass is 32.2. The first-order chi connectivity index (χ1) is 16.1. The van der Waals surface area contributed by atoms with Gasteiger partial charge in [-0.25, -0.2) is 8.42 Å². The molecule has 2 aromatic carbocycles. The fourth-order valence-electron chi connectivity index (χ4n) is 3.39. The van der Waals surface area contributed by atoms with Crippen LogP contribution in [0.5, 0.6) is 17.2 Å². The molecule has 0 bridgehead atoms. The number of sulfonamides is 1. The lowest BCUT2D eigenvalue weighted by Crippen LogP contribution is -2.46. The summed E-state index contributed by atoms with van der Waals surface area (Å²) in [5.41, 5.74) is 5.74. The molecule has 11 nitrogen and oxygen atoms in total. The van der Waals surface area contributed by atoms with Crippen LogP contribution in [0.25, 0.3) is 0 Å². The van der Waals surface area contributed by atoms with Gasteiger partial charge in [0.1, 0.15) is 0 Å². The number of nitrogens with two attached hydrogens (primary N) is 1. The topological polar surface area (TPSA) is 140 Å². The van der Waals surface area contributed by atoms with Crippen LogP contribution in [0.15, 0.2) is 41.3 Å². The van der Waals surface area contributed by atoms with Gasteiger partial charge in [0, 0.05) is 37.4 Å². The third-order valence-electron chi connectivity index (χ3n) is 5.29. The van der Waals surface area contributed by atoms with Crippen LogP contribution in [0.1, 0.15) is 10.4 Å². The standard InChI is InChI=1S/C22H28N4O7S/c1-25-8-10-26(11-9-25)34(29,30)17-6-4-16(5-7-17)24-22(28)15-12-18(31-2)21(19(13-15)32-3)33-14-20(23)27/h4-7,12-13H,8-11,14H2,1-3H3,(H2,23,27)(H,24,28). The zero-order chi connectivity index (χ0) is 24.9. The van der Waals surface area contributed by atoms with E-state index in [9.17, 15) is 18.0 Å². The largest absolute Gasteiger partial charge is 0.493 e. The van der Waals surface area contributed by atoms with Crippen molar-refractivity contribution >= 4 is 27.5 Å². The number of anilines is 1. The van der Waals surface area contributed by atoms with Crippen LogP contribution in [0.2, 0.25) is 0 Å². The average molecular weight is 493 g/mol. The van der Waals surface area contributed by atoms with E-state index >= 15 is 0 Å². The van der Waals surface area contributed by atoms with Crippen molar-refractivity contribution in [3.05, 3.63) is 42.0 Å². The second-order valence-electron chi connectivity index (χ2n) is 7.65. The number of carbonyl (C=O) groups excluding carboxylic acids is 2. The number of carbonyl (C=O) groups is 2. The van der Waals surface area contributed by atoms with Gasteiger partial charge in [-0.1, -0.05) is 0 Å². The third kappa shape index (κ3) is 5.76. The molecule has 2 amide bonds. The van der Waals surface area contributed by atoms with E-state index in [1.807, 2.05) is 7.05 Å². The Balaban J connectivity index is 1.76. The zero-order valence-corrected chi connectivity index (χ0v) is 20.1. The highest BCUT2D eigenvalue weighted by Gasteiger charge is 2.27. The van der Waals surface area contributed by atoms with Crippen molar-refractivity contribution in [2.45, 2.75) is 4.90 Å². The fourth-order valence-corrected chi connectivity index (χ4v) is 4.81. The molecule has 34 heavy (non-hydrogen) atoms. The summed E-state index contributed by atoms with van der Waals surface area (Å²) in [6.45, 7) is 1.82. The van der Waals surface area contributed by atoms with Gasteiger partial charge in [0.15, 0.2) is 18.1 Å². The van der Waals surface area contributed by atoms with Gasteiger partial charge < -0.3 is 30.2 Å². The van der Waals surface area contributed by atoms with Crippen molar-refractivity contribution in [2.24, 2.45) is 5.73 Å². The summed E-state index contributed by atoms with van der Waals surface area (Å²) in [6, 6.07) is 8.84. The van der Waals surface area contributed by atoms with Crippen LogP contribution in [-0.2, 0) is 14.8 Å². The van der Waals surface area contributed by atoms with Crippen molar-refractivity contribution in [2.75, 3.05) is 59.4 Å². The molecule has 0 aromatic heterocycles. The first kappa shape index (κ1) is 25.3. The quantitative estimate of drug-likeness (QED) is 0.523. The van der Waals surface area contributed by atoms with Crippen molar-refractivity contribution < 1.29 is 32.2 Å². The highest BCUT2D eigenvalue weighted by Crippen LogP contribution is 2.38. The predicted molar refractivity (Wildman–Crippen MR) is 125 cm³/mol. The monoisotopic (exact) mass is 492 g/mol. The molecule has 0 spiro atoms. The van der Waals surface area contributed by atoms with E-state index in [4.69, 9.17) is 19.9 Å². The average Bonchev–Trinajstić information content (AvgIpc) is 2.82. The number of ether oxygens (including phenoxy) is 3. The molecule has 3 rings (SSSR count). The number of likely N-dealkylation sites (N-methyl/N-ethyl adjacent to an activating group) is 1. The summed E-state index contributed by atoms with van der Waals surface area (Å²) in [6.07, 6.45) is 0. The maximum absolute atomic E-state index is 12.9. The molecule has 0 atom stereocenters. The summed E-state index contributed by atoms with van der Waals surface area (Å²) in [5.74, 6) is -0.658. The lowest BCUT2D eigenvalue weighted by Gasteiger charge is -2.31. The Labute approximate surface area is 198 Å². The summed E-state index contributed by atoms with van der Waals surface area (Å²) in [5, 5.41) is 2.71. The number of nitrogens with zero attached hydrogens (tertiary/aromatic N) is 2. The number of amides is 2. The Morgan fingerprint density at radius 2 is 1.56 bits per heavy atom. The van der Waals surface area contributed by atoms with Crippen molar-refractivity contribution in [1.29, 1.82) is 0 Å². The van der Waals surface area contributed by atoms with E-state index in [-0.39, 0.29) is 34.3 Å². The molecule has 12 heteroatoms. The lowest BCUT2D eigenvalue weighted by atomic mass is 10.1. The van der Waals surface area contributed by atoms with Gasteiger partial charge in [-0.2, -0.15) is 4.31 Å². The molecule has 2 aromatic rings. The molecule has 3 N–H and O–H groups in total. The zero-order valence-electron chi connectivity index (χ0n) is 19.2. The molecule has 1 aliphatic heterocycles. The normalized spacial score (nSPS) is 14.9. The smallest absolute Gasteiger partial charge is 0.255 e. The summed E-state index contributed by atoms with van der Waals surface area (Å²) < 4.78 is 43.1. The number of benzene rings is 2. The Morgan fingerprint density at radius 1 is 1.00 bits per heavy atom. The number of hydrogen-bond acceptors (Lipinski definition) is 8. The van der Waals surface area contributed by atoms with E-state index in [1.165, 1.54) is 54.9 Å². The lowest BCUT2D eigenvalue weighted by molar-refractivity contribution is -0.120. The molecule has 0 aliphatic carbocycles. The van der Waals surface area contributed by atoms with Gasteiger partial charge in [-0.15, -0.1) is 0 Å². The van der Waals surface area contributed by atoms with Crippen LogP contribution in [-0.4, -0.2) is 83.5 Å². The third-order valence-corrected chi connectivity index (χ3v) is 7.21. The van der Waals surface area contributed by atoms with Gasteiger partial charge in [0.2, 0.25) is 15.8 Å². The van der Waals surface area contributed by atoms with E-state index in [2.05, 4.69) is 10.2 Å². The van der Waals surface area contributed by atoms with Crippen LogP contribution in [0, 0.1) is 0 Å². The summed E-state index contributed by atoms with van der Waals surface area (Å²) in [4.78, 5) is 26.1. The van der Waals surface area contributed by atoms with E-state index in [1.54, 1.807) is 0 Å². The van der Waals surface area contributed by atoms with Crippen LogP contribution in [0.4, 0.5) is 5.69 Å². The van der Waals surface area contributed by atoms with Crippen LogP contribution >= 0.6 is 0 Å². The molecule has 1 saturated heterocycles. The second kappa shape index (κ2) is 10.7. The summed E-state index contributed by atoms with van der Waals surface area (Å²) in [7, 11) is 1.11. The van der Waals surface area contributed by atoms with Crippen molar-refractivity contribution in [1.82, 2.24) is 9.21 Å². The minimum absolute atomic E-state index is 0.138. The minimum atomic E-state index is -3.60. The molecule has 1 fully saturated rings. The number of rotatable bonds is 9. The number of methoxy groups -OCH3 is 2. The second-order valence-corrected chi connectivity index (χ2v) is 9.59. The number of primary amides is 1. The molecule has 0 unspecified atom stereocenters. The van der Waals surface area contributed by atoms with Crippen molar-refractivity contribution in [3.8, 4) is 17.2 Å². The van der Waals surface area contributed by atoms with Gasteiger partial charge in [0.05, 0.1) is 19.1 Å². The number of piperazine rings is 1. The maximum Gasteiger partial charge on any atom is 0.255 e. The van der Waals surface area contributed by atoms with E-state index in [0.717, 1.165) is 0 Å².